The Labute approximate surface area is 158 Å². The van der Waals surface area contributed by atoms with E-state index in [1.54, 1.807) is 11.3 Å². The van der Waals surface area contributed by atoms with Gasteiger partial charge in [0.05, 0.1) is 10.6 Å². The average Bonchev–Trinajstić information content (AvgIpc) is 3.35. The third-order valence-electron chi connectivity index (χ3n) is 4.29. The highest BCUT2D eigenvalue weighted by molar-refractivity contribution is 9.10. The highest BCUT2D eigenvalue weighted by atomic mass is 79.9. The van der Waals surface area contributed by atoms with Crippen molar-refractivity contribution >= 4 is 39.0 Å². The first-order valence-electron chi connectivity index (χ1n) is 8.10. The molecule has 2 N–H and O–H groups in total. The van der Waals surface area contributed by atoms with Gasteiger partial charge >= 0.3 is 0 Å². The molecule has 3 aromatic rings. The minimum absolute atomic E-state index is 0.0329. The van der Waals surface area contributed by atoms with Crippen molar-refractivity contribution in [2.75, 3.05) is 18.0 Å². The van der Waals surface area contributed by atoms with E-state index in [4.69, 9.17) is 0 Å². The molecule has 1 aliphatic rings. The average molecular weight is 417 g/mol. The van der Waals surface area contributed by atoms with Gasteiger partial charge in [-0.15, -0.1) is 11.3 Å². The zero-order valence-electron chi connectivity index (χ0n) is 13.4. The quantitative estimate of drug-likeness (QED) is 0.677. The normalized spacial score (nSPS) is 17.0. The maximum atomic E-state index is 12.4. The maximum absolute atomic E-state index is 12.4. The number of carbonyl (C=O) groups excluding carboxylic acids is 1. The first-order chi connectivity index (χ1) is 12.2. The van der Waals surface area contributed by atoms with Crippen molar-refractivity contribution in [1.82, 2.24) is 15.5 Å². The number of aromatic nitrogens is 2. The molecule has 0 saturated carbocycles. The van der Waals surface area contributed by atoms with E-state index in [0.717, 1.165) is 35.5 Å². The van der Waals surface area contributed by atoms with Gasteiger partial charge in [-0.05, 0) is 36.1 Å². The van der Waals surface area contributed by atoms with Crippen LogP contribution in [0.25, 0.3) is 10.6 Å². The van der Waals surface area contributed by atoms with Crippen molar-refractivity contribution < 1.29 is 4.79 Å². The van der Waals surface area contributed by atoms with Gasteiger partial charge < -0.3 is 10.2 Å². The lowest BCUT2D eigenvalue weighted by atomic mass is 10.2. The number of carbonyl (C=O) groups is 1. The van der Waals surface area contributed by atoms with E-state index in [2.05, 4.69) is 53.9 Å². The van der Waals surface area contributed by atoms with E-state index >= 15 is 0 Å². The molecule has 5 nitrogen and oxygen atoms in total. The zero-order valence-corrected chi connectivity index (χ0v) is 15.8. The number of thiophene rings is 1. The topological polar surface area (TPSA) is 61.0 Å². The Morgan fingerprint density at radius 2 is 2.24 bits per heavy atom. The molecule has 4 rings (SSSR count). The summed E-state index contributed by atoms with van der Waals surface area (Å²) in [6.45, 7) is 1.66. The zero-order chi connectivity index (χ0) is 17.2. The number of rotatable bonds is 4. The van der Waals surface area contributed by atoms with Gasteiger partial charge in [-0.25, -0.2) is 0 Å². The summed E-state index contributed by atoms with van der Waals surface area (Å²) in [7, 11) is 0. The van der Waals surface area contributed by atoms with Crippen LogP contribution in [-0.2, 0) is 0 Å². The number of aromatic amines is 1. The second kappa shape index (κ2) is 7.01. The molecule has 1 fully saturated rings. The Morgan fingerprint density at radius 3 is 3.04 bits per heavy atom. The molecule has 3 heterocycles. The number of anilines is 1. The van der Waals surface area contributed by atoms with Crippen molar-refractivity contribution in [3.63, 3.8) is 0 Å². The van der Waals surface area contributed by atoms with E-state index in [9.17, 15) is 4.79 Å². The SMILES string of the molecule is O=C(N[C@H]1CCN(c2cc(-c3cccs3)[nH]n2)C1)c1cccc(Br)c1. The number of hydrogen-bond donors (Lipinski definition) is 2. The van der Waals surface area contributed by atoms with Crippen LogP contribution in [0.15, 0.2) is 52.3 Å². The molecular formula is C18H17BrN4OS. The third kappa shape index (κ3) is 3.62. The molecule has 25 heavy (non-hydrogen) atoms. The lowest BCUT2D eigenvalue weighted by molar-refractivity contribution is 0.0940. The van der Waals surface area contributed by atoms with Gasteiger partial charge in [-0.3, -0.25) is 9.89 Å². The van der Waals surface area contributed by atoms with E-state index in [0.29, 0.717) is 5.56 Å². The monoisotopic (exact) mass is 416 g/mol. The van der Waals surface area contributed by atoms with Crippen LogP contribution in [0.5, 0.6) is 0 Å². The number of nitrogens with one attached hydrogen (secondary N) is 2. The van der Waals surface area contributed by atoms with Crippen LogP contribution >= 0.6 is 27.3 Å². The lowest BCUT2D eigenvalue weighted by Gasteiger charge is -2.16. The van der Waals surface area contributed by atoms with Crippen LogP contribution in [0.1, 0.15) is 16.8 Å². The van der Waals surface area contributed by atoms with Gasteiger partial charge in [0.1, 0.15) is 0 Å². The number of amides is 1. The molecule has 0 unspecified atom stereocenters. The number of halogens is 1. The van der Waals surface area contributed by atoms with Crippen LogP contribution in [-0.4, -0.2) is 35.2 Å². The minimum atomic E-state index is -0.0329. The largest absolute Gasteiger partial charge is 0.353 e. The van der Waals surface area contributed by atoms with Gasteiger partial charge in [0.2, 0.25) is 0 Å². The first-order valence-corrected chi connectivity index (χ1v) is 9.77. The summed E-state index contributed by atoms with van der Waals surface area (Å²) in [5.41, 5.74) is 1.71. The smallest absolute Gasteiger partial charge is 0.251 e. The van der Waals surface area contributed by atoms with Crippen molar-refractivity contribution in [2.24, 2.45) is 0 Å². The maximum Gasteiger partial charge on any atom is 0.251 e. The second-order valence-corrected chi connectivity index (χ2v) is 7.90. The molecule has 1 saturated heterocycles. The molecule has 0 bridgehead atoms. The Hall–Kier alpha value is -2.12. The Bertz CT molecular complexity index is 877. The summed E-state index contributed by atoms with van der Waals surface area (Å²) in [5, 5.41) is 12.7. The Morgan fingerprint density at radius 1 is 1.32 bits per heavy atom. The second-order valence-electron chi connectivity index (χ2n) is 6.03. The van der Waals surface area contributed by atoms with Gasteiger partial charge in [0.25, 0.3) is 5.91 Å². The highest BCUT2D eigenvalue weighted by Gasteiger charge is 2.26. The van der Waals surface area contributed by atoms with Crippen molar-refractivity contribution in [3.8, 4) is 10.6 Å². The number of benzene rings is 1. The van der Waals surface area contributed by atoms with Crippen LogP contribution in [0.2, 0.25) is 0 Å². The summed E-state index contributed by atoms with van der Waals surface area (Å²) < 4.78 is 0.908. The number of H-pyrrole nitrogens is 1. The Kier molecular flexibility index (Phi) is 4.59. The Balaban J connectivity index is 1.39. The van der Waals surface area contributed by atoms with Crippen LogP contribution in [0.4, 0.5) is 5.82 Å². The standard InChI is InChI=1S/C18H17BrN4OS/c19-13-4-1-3-12(9-13)18(24)20-14-6-7-23(11-14)17-10-15(21-22-17)16-5-2-8-25-16/h1-5,8-10,14H,6-7,11H2,(H,20,24)(H,21,22)/t14-/m0/s1. The molecule has 1 aromatic carbocycles. The molecule has 0 radical (unpaired) electrons. The van der Waals surface area contributed by atoms with Crippen molar-refractivity contribution in [1.29, 1.82) is 0 Å². The molecule has 1 aliphatic heterocycles. The number of nitrogens with zero attached hydrogens (tertiary/aromatic N) is 2. The summed E-state index contributed by atoms with van der Waals surface area (Å²) in [6, 6.07) is 13.8. The number of hydrogen-bond acceptors (Lipinski definition) is 4. The predicted octanol–water partition coefficient (Wildman–Crippen LogP) is 3.91. The fraction of sp³-hybridized carbons (Fsp3) is 0.222. The summed E-state index contributed by atoms with van der Waals surface area (Å²) >= 11 is 5.09. The minimum Gasteiger partial charge on any atom is -0.353 e. The summed E-state index contributed by atoms with van der Waals surface area (Å²) in [5.74, 6) is 0.900. The van der Waals surface area contributed by atoms with Crippen molar-refractivity contribution in [2.45, 2.75) is 12.5 Å². The molecule has 0 spiro atoms. The van der Waals surface area contributed by atoms with E-state index in [1.165, 1.54) is 4.88 Å². The van der Waals surface area contributed by atoms with Crippen LogP contribution < -0.4 is 10.2 Å². The van der Waals surface area contributed by atoms with E-state index in [-0.39, 0.29) is 11.9 Å². The predicted molar refractivity (Wildman–Crippen MR) is 104 cm³/mol. The van der Waals surface area contributed by atoms with Crippen LogP contribution in [0.3, 0.4) is 0 Å². The fourth-order valence-electron chi connectivity index (χ4n) is 3.02. The summed E-state index contributed by atoms with van der Waals surface area (Å²) in [4.78, 5) is 15.8. The summed E-state index contributed by atoms with van der Waals surface area (Å²) in [6.07, 6.45) is 0.918. The fourth-order valence-corrected chi connectivity index (χ4v) is 4.11. The molecule has 1 atom stereocenters. The molecule has 7 heteroatoms. The van der Waals surface area contributed by atoms with E-state index < -0.39 is 0 Å². The molecule has 0 aliphatic carbocycles. The van der Waals surface area contributed by atoms with Crippen LogP contribution in [0, 0.1) is 0 Å². The molecule has 2 aromatic heterocycles. The van der Waals surface area contributed by atoms with Gasteiger partial charge in [0.15, 0.2) is 5.82 Å². The third-order valence-corrected chi connectivity index (χ3v) is 5.68. The molecular weight excluding hydrogens is 400 g/mol. The van der Waals surface area contributed by atoms with Gasteiger partial charge in [0, 0.05) is 35.2 Å². The molecule has 1 amide bonds. The van der Waals surface area contributed by atoms with Gasteiger partial charge in [-0.2, -0.15) is 5.10 Å². The highest BCUT2D eigenvalue weighted by Crippen LogP contribution is 2.27. The van der Waals surface area contributed by atoms with Crippen molar-refractivity contribution in [3.05, 3.63) is 57.9 Å². The lowest BCUT2D eigenvalue weighted by Crippen LogP contribution is -2.37. The molecule has 128 valence electrons. The first kappa shape index (κ1) is 16.4. The van der Waals surface area contributed by atoms with E-state index in [1.807, 2.05) is 30.3 Å². The van der Waals surface area contributed by atoms with Gasteiger partial charge in [-0.1, -0.05) is 28.1 Å².